The minimum absolute atomic E-state index is 0.102. The number of unbranched alkanes of at least 4 members (excludes halogenated alkanes) is 44. The van der Waals surface area contributed by atoms with E-state index < -0.39 is 97.5 Å². The van der Waals surface area contributed by atoms with Gasteiger partial charge in [-0.25, -0.2) is 9.13 Å². The van der Waals surface area contributed by atoms with Crippen molar-refractivity contribution in [3.63, 3.8) is 0 Å². The van der Waals surface area contributed by atoms with Gasteiger partial charge < -0.3 is 33.8 Å². The Bertz CT molecular complexity index is 1950. The molecular formula is C78H148O17P2. The summed E-state index contributed by atoms with van der Waals surface area (Å²) in [7, 11) is -9.92. The summed E-state index contributed by atoms with van der Waals surface area (Å²) in [6.45, 7) is 7.20. The van der Waals surface area contributed by atoms with Crippen LogP contribution in [0.1, 0.15) is 388 Å². The van der Waals surface area contributed by atoms with Gasteiger partial charge in [-0.05, 0) is 57.3 Å². The molecule has 0 rings (SSSR count). The van der Waals surface area contributed by atoms with Crippen LogP contribution >= 0.6 is 15.6 Å². The maximum Gasteiger partial charge on any atom is 0.472 e. The third kappa shape index (κ3) is 70.4. The van der Waals surface area contributed by atoms with Crippen LogP contribution in [-0.2, 0) is 65.4 Å². The van der Waals surface area contributed by atoms with E-state index in [2.05, 4.69) is 58.9 Å². The Balaban J connectivity index is 5.27. The number of hydrogen-bond donors (Lipinski definition) is 3. The van der Waals surface area contributed by atoms with Gasteiger partial charge in [-0.1, -0.05) is 335 Å². The second kappa shape index (κ2) is 70.6. The Morgan fingerprint density at radius 3 is 0.876 bits per heavy atom. The maximum absolute atomic E-state index is 13.1. The van der Waals surface area contributed by atoms with Crippen molar-refractivity contribution < 1.29 is 80.2 Å². The molecule has 0 aromatic rings. The predicted molar refractivity (Wildman–Crippen MR) is 395 cm³/mol. The Morgan fingerprint density at radius 2 is 0.577 bits per heavy atom. The second-order valence-electron chi connectivity index (χ2n) is 27.7. The number of rotatable bonds is 76. The van der Waals surface area contributed by atoms with E-state index >= 15 is 0 Å². The molecule has 0 spiro atoms. The SMILES string of the molecule is CCCCCC/C=C\C=C/CCCCCCCC(=O)OC[C@H](COP(=O)(O)OC[C@@H](O)COP(=O)(O)OC[C@@H](COC(=O)CCCCCCCCC(C)CC)OC(=O)CCCCCCCCCCCCCCC)OC(=O)CCCCCCCCCCCCCCCCCCCCC. The fourth-order valence-corrected chi connectivity index (χ4v) is 13.1. The normalized spacial score (nSPS) is 14.4. The Labute approximate surface area is 592 Å². The standard InChI is InChI=1S/C78H148O17P2/c1-6-10-13-16-19-22-25-28-30-31-32-33-35-38-41-44-47-54-59-64-77(82)94-73(67-88-75(80)61-56-51-45-42-39-37-34-29-26-23-20-17-14-11-7-2)69-92-96(84,85)90-65-72(79)66-91-97(86,87)93-70-74(68-89-76(81)62-57-52-49-48-50-55-60-71(5)9-4)95-78(83)63-58-53-46-43-40-36-27-24-21-18-15-12-8-3/h23,26,29,34,71-74,79H,6-22,24-25,27-28,30-33,35-70H2,1-5H3,(H,84,85)(H,86,87)/b26-23-,34-29-/t71?,72-,73-,74-/m1/s1. The van der Waals surface area contributed by atoms with Gasteiger partial charge in [0.15, 0.2) is 12.2 Å². The van der Waals surface area contributed by atoms with Crippen LogP contribution in [0.5, 0.6) is 0 Å². The molecule has 0 aliphatic carbocycles. The zero-order chi connectivity index (χ0) is 71.2. The number of carbonyl (C=O) groups excluding carboxylic acids is 4. The van der Waals surface area contributed by atoms with E-state index in [-0.39, 0.29) is 25.7 Å². The maximum atomic E-state index is 13.1. The lowest BCUT2D eigenvalue weighted by atomic mass is 10.00. The van der Waals surface area contributed by atoms with Crippen LogP contribution in [0, 0.1) is 5.92 Å². The number of phosphoric acid groups is 2. The van der Waals surface area contributed by atoms with Crippen LogP contribution in [0.3, 0.4) is 0 Å². The van der Waals surface area contributed by atoms with Gasteiger partial charge in [-0.15, -0.1) is 0 Å². The lowest BCUT2D eigenvalue weighted by Gasteiger charge is -2.21. The molecule has 17 nitrogen and oxygen atoms in total. The summed E-state index contributed by atoms with van der Waals surface area (Å²) in [5.74, 6) is -1.41. The molecule has 19 heteroatoms. The van der Waals surface area contributed by atoms with E-state index in [4.69, 9.17) is 37.0 Å². The summed E-state index contributed by atoms with van der Waals surface area (Å²) in [4.78, 5) is 72.9. The Morgan fingerprint density at radius 1 is 0.330 bits per heavy atom. The Kier molecular flexibility index (Phi) is 68.8. The summed E-state index contributed by atoms with van der Waals surface area (Å²) in [5.41, 5.74) is 0. The van der Waals surface area contributed by atoms with Crippen LogP contribution in [0.15, 0.2) is 24.3 Å². The zero-order valence-electron chi connectivity index (χ0n) is 62.7. The lowest BCUT2D eigenvalue weighted by Crippen LogP contribution is -2.30. The summed E-state index contributed by atoms with van der Waals surface area (Å²) in [6, 6.07) is 0. The van der Waals surface area contributed by atoms with Gasteiger partial charge in [0.05, 0.1) is 26.4 Å². The number of esters is 4. The van der Waals surface area contributed by atoms with E-state index in [0.29, 0.717) is 25.7 Å². The van der Waals surface area contributed by atoms with E-state index in [1.54, 1.807) is 0 Å². The first-order chi connectivity index (χ1) is 47.1. The highest BCUT2D eigenvalue weighted by Crippen LogP contribution is 2.45. The van der Waals surface area contributed by atoms with Crippen LogP contribution in [-0.4, -0.2) is 96.7 Å². The minimum Gasteiger partial charge on any atom is -0.462 e. The lowest BCUT2D eigenvalue weighted by molar-refractivity contribution is -0.161. The van der Waals surface area contributed by atoms with Gasteiger partial charge in [0.1, 0.15) is 19.3 Å². The molecule has 0 saturated carbocycles. The molecule has 0 fully saturated rings. The van der Waals surface area contributed by atoms with Gasteiger partial charge >= 0.3 is 39.5 Å². The average molecular weight is 1420 g/mol. The first kappa shape index (κ1) is 94.5. The van der Waals surface area contributed by atoms with Gasteiger partial charge in [-0.2, -0.15) is 0 Å². The molecule has 0 aliphatic heterocycles. The van der Waals surface area contributed by atoms with Crippen LogP contribution < -0.4 is 0 Å². The first-order valence-electron chi connectivity index (χ1n) is 40.0. The zero-order valence-corrected chi connectivity index (χ0v) is 64.5. The highest BCUT2D eigenvalue weighted by molar-refractivity contribution is 7.47. The number of aliphatic hydroxyl groups excluding tert-OH is 1. The topological polar surface area (TPSA) is 237 Å². The molecule has 3 N–H and O–H groups in total. The molecule has 0 aliphatic rings. The van der Waals surface area contributed by atoms with Gasteiger partial charge in [0.25, 0.3) is 0 Å². The molecule has 0 bridgehead atoms. The predicted octanol–water partition coefficient (Wildman–Crippen LogP) is 22.8. The van der Waals surface area contributed by atoms with Crippen LogP contribution in [0.2, 0.25) is 0 Å². The molecule has 0 radical (unpaired) electrons. The fraction of sp³-hybridized carbons (Fsp3) is 0.897. The fourth-order valence-electron chi connectivity index (χ4n) is 11.5. The second-order valence-corrected chi connectivity index (χ2v) is 30.6. The average Bonchev–Trinajstić information content (AvgIpc) is 1.93. The van der Waals surface area contributed by atoms with E-state index in [0.717, 1.165) is 121 Å². The molecule has 0 amide bonds. The molecular weight excluding hydrogens is 1270 g/mol. The smallest absolute Gasteiger partial charge is 0.462 e. The van der Waals surface area contributed by atoms with Crippen molar-refractivity contribution in [3.8, 4) is 0 Å². The van der Waals surface area contributed by atoms with Crippen molar-refractivity contribution in [3.05, 3.63) is 24.3 Å². The molecule has 6 atom stereocenters. The quantitative estimate of drug-likeness (QED) is 0.0169. The van der Waals surface area contributed by atoms with Gasteiger partial charge in [0.2, 0.25) is 0 Å². The molecule has 0 saturated heterocycles. The van der Waals surface area contributed by atoms with Gasteiger partial charge in [0, 0.05) is 25.7 Å². The van der Waals surface area contributed by atoms with Crippen molar-refractivity contribution in [2.24, 2.45) is 5.92 Å². The van der Waals surface area contributed by atoms with E-state index in [9.17, 15) is 43.2 Å². The highest BCUT2D eigenvalue weighted by atomic mass is 31.2. The monoisotopic (exact) mass is 1420 g/mol. The van der Waals surface area contributed by atoms with Crippen molar-refractivity contribution in [1.82, 2.24) is 0 Å². The summed E-state index contributed by atoms with van der Waals surface area (Å²) < 4.78 is 68.5. The summed E-state index contributed by atoms with van der Waals surface area (Å²) in [6.07, 6.45) is 63.2. The van der Waals surface area contributed by atoms with E-state index in [1.165, 1.54) is 186 Å². The van der Waals surface area contributed by atoms with Crippen LogP contribution in [0.4, 0.5) is 0 Å². The first-order valence-corrected chi connectivity index (χ1v) is 43.0. The Hall–Kier alpha value is -2.46. The summed E-state index contributed by atoms with van der Waals surface area (Å²) in [5, 5.41) is 10.6. The molecule has 572 valence electrons. The van der Waals surface area contributed by atoms with Crippen LogP contribution in [0.25, 0.3) is 0 Å². The number of phosphoric ester groups is 2. The minimum atomic E-state index is -4.97. The number of aliphatic hydroxyl groups is 1. The van der Waals surface area contributed by atoms with E-state index in [1.807, 2.05) is 0 Å². The highest BCUT2D eigenvalue weighted by Gasteiger charge is 2.30. The van der Waals surface area contributed by atoms with Gasteiger partial charge in [-0.3, -0.25) is 37.3 Å². The van der Waals surface area contributed by atoms with Crippen molar-refractivity contribution >= 4 is 39.5 Å². The number of ether oxygens (including phenoxy) is 4. The van der Waals surface area contributed by atoms with Crippen molar-refractivity contribution in [2.75, 3.05) is 39.6 Å². The third-order valence-corrected chi connectivity index (χ3v) is 19.9. The summed E-state index contributed by atoms with van der Waals surface area (Å²) >= 11 is 0. The molecule has 0 aromatic carbocycles. The molecule has 0 aromatic heterocycles. The molecule has 97 heavy (non-hydrogen) atoms. The van der Waals surface area contributed by atoms with Crippen molar-refractivity contribution in [1.29, 1.82) is 0 Å². The number of allylic oxidation sites excluding steroid dienone is 4. The number of hydrogen-bond acceptors (Lipinski definition) is 15. The molecule has 3 unspecified atom stereocenters. The third-order valence-electron chi connectivity index (χ3n) is 18.0. The molecule has 0 heterocycles. The number of carbonyl (C=O) groups is 4. The largest absolute Gasteiger partial charge is 0.472 e. The van der Waals surface area contributed by atoms with Crippen molar-refractivity contribution in [2.45, 2.75) is 406 Å².